The molecule has 1 amide bonds. The molecule has 31 heavy (non-hydrogen) atoms. The summed E-state index contributed by atoms with van der Waals surface area (Å²) in [7, 11) is -3.39. The molecule has 2 N–H and O–H groups in total. The minimum atomic E-state index is -3.39. The lowest BCUT2D eigenvalue weighted by Crippen LogP contribution is -2.43. The second kappa shape index (κ2) is 7.20. The van der Waals surface area contributed by atoms with Crippen molar-refractivity contribution >= 4 is 37.7 Å². The summed E-state index contributed by atoms with van der Waals surface area (Å²) in [5.41, 5.74) is 2.03. The number of aliphatic hydroxyl groups is 1. The minimum absolute atomic E-state index is 0.145. The molecule has 3 heterocycles. The Morgan fingerprint density at radius 1 is 1.19 bits per heavy atom. The maximum absolute atomic E-state index is 12.6. The van der Waals surface area contributed by atoms with E-state index in [2.05, 4.69) is 26.1 Å². The van der Waals surface area contributed by atoms with Crippen LogP contribution >= 0.6 is 0 Å². The quantitative estimate of drug-likeness (QED) is 0.588. The molecule has 166 valence electrons. The molecular formula is C22H25NO7S. The first-order valence-corrected chi connectivity index (χ1v) is 11.8. The fourth-order valence-corrected chi connectivity index (χ4v) is 5.82. The number of hydrogen-bond acceptors (Lipinski definition) is 7. The molecule has 8 nitrogen and oxygen atoms in total. The number of nitrogens with one attached hydrogen (secondary N) is 1. The average Bonchev–Trinajstić information content (AvgIpc) is 3.16. The number of aliphatic hydroxyl groups excluding tert-OH is 1. The van der Waals surface area contributed by atoms with E-state index in [1.807, 2.05) is 6.07 Å². The van der Waals surface area contributed by atoms with E-state index in [-0.39, 0.29) is 28.9 Å². The predicted octanol–water partition coefficient (Wildman–Crippen LogP) is 1.96. The lowest BCUT2D eigenvalue weighted by atomic mass is 9.86. The van der Waals surface area contributed by atoms with Crippen LogP contribution in [0, 0.1) is 6.92 Å². The van der Waals surface area contributed by atoms with Crippen LogP contribution in [0.25, 0.3) is 21.9 Å². The van der Waals surface area contributed by atoms with Crippen molar-refractivity contribution in [2.75, 3.05) is 11.5 Å². The van der Waals surface area contributed by atoms with Crippen molar-refractivity contribution in [2.45, 2.75) is 51.7 Å². The molecule has 1 aliphatic rings. The number of carbonyl (C=O) groups excluding carboxylic acids is 1. The lowest BCUT2D eigenvalue weighted by molar-refractivity contribution is -0.121. The summed E-state index contributed by atoms with van der Waals surface area (Å²) < 4.78 is 34.4. The Balaban J connectivity index is 1.70. The Kier molecular flexibility index (Phi) is 5.01. The molecular weight excluding hydrogens is 422 g/mol. The van der Waals surface area contributed by atoms with Gasteiger partial charge in [0, 0.05) is 22.4 Å². The Labute approximate surface area is 179 Å². The highest BCUT2D eigenvalue weighted by Crippen LogP contribution is 2.35. The third kappa shape index (κ3) is 3.99. The summed E-state index contributed by atoms with van der Waals surface area (Å²) in [5, 5.41) is 14.0. The predicted molar refractivity (Wildman–Crippen MR) is 116 cm³/mol. The van der Waals surface area contributed by atoms with Gasteiger partial charge >= 0.3 is 5.63 Å². The molecule has 1 aliphatic heterocycles. The van der Waals surface area contributed by atoms with E-state index in [1.165, 1.54) is 0 Å². The molecule has 0 unspecified atom stereocenters. The SMILES string of the molecule is Cc1c(CC(=O)N[C@@H]2CS(=O)(=O)C[C@H]2O)c(=O)oc2cc3occ(C(C)(C)C)c3cc12. The highest BCUT2D eigenvalue weighted by atomic mass is 32.2. The van der Waals surface area contributed by atoms with Gasteiger partial charge in [-0.05, 0) is 24.0 Å². The van der Waals surface area contributed by atoms with Crippen LogP contribution in [0.15, 0.2) is 32.0 Å². The van der Waals surface area contributed by atoms with Gasteiger partial charge in [-0.1, -0.05) is 20.8 Å². The third-order valence-corrected chi connectivity index (χ3v) is 7.51. The van der Waals surface area contributed by atoms with Crippen molar-refractivity contribution in [3.05, 3.63) is 45.5 Å². The van der Waals surface area contributed by atoms with Crippen LogP contribution < -0.4 is 10.9 Å². The van der Waals surface area contributed by atoms with Gasteiger partial charge in [-0.2, -0.15) is 0 Å². The number of benzene rings is 1. The van der Waals surface area contributed by atoms with Gasteiger partial charge in [0.05, 0.1) is 41.9 Å². The van der Waals surface area contributed by atoms with E-state index in [4.69, 9.17) is 8.83 Å². The largest absolute Gasteiger partial charge is 0.464 e. The van der Waals surface area contributed by atoms with Crippen LogP contribution in [-0.2, 0) is 26.5 Å². The van der Waals surface area contributed by atoms with Gasteiger partial charge in [-0.3, -0.25) is 4.79 Å². The van der Waals surface area contributed by atoms with E-state index < -0.39 is 33.5 Å². The average molecular weight is 448 g/mol. The first-order chi connectivity index (χ1) is 14.4. The molecule has 2 atom stereocenters. The smallest absolute Gasteiger partial charge is 0.340 e. The zero-order valence-electron chi connectivity index (χ0n) is 17.8. The van der Waals surface area contributed by atoms with Gasteiger partial charge in [-0.25, -0.2) is 13.2 Å². The summed E-state index contributed by atoms with van der Waals surface area (Å²) in [4.78, 5) is 25.1. The summed E-state index contributed by atoms with van der Waals surface area (Å²) in [6.07, 6.45) is 0.267. The standard InChI is InChI=1S/C22H25NO7S/c1-11-12-5-14-15(22(2,3)4)8-29-18(14)7-19(12)30-21(26)13(11)6-20(25)23-16-9-31(27,28)10-17(16)24/h5,7-8,16-17,24H,6,9-10H2,1-4H3,(H,23,25)/t16-,17-/m1/s1. The number of aryl methyl sites for hydroxylation is 1. The van der Waals surface area contributed by atoms with E-state index >= 15 is 0 Å². The fraction of sp³-hybridized carbons (Fsp3) is 0.455. The maximum Gasteiger partial charge on any atom is 0.340 e. The number of fused-ring (bicyclic) bond motifs is 2. The van der Waals surface area contributed by atoms with Crippen molar-refractivity contribution < 1.29 is 27.2 Å². The Hall–Kier alpha value is -2.65. The van der Waals surface area contributed by atoms with Crippen LogP contribution in [0.1, 0.15) is 37.5 Å². The second-order valence-corrected chi connectivity index (χ2v) is 11.4. The van der Waals surface area contributed by atoms with Crippen LogP contribution in [0.4, 0.5) is 0 Å². The zero-order valence-corrected chi connectivity index (χ0v) is 18.6. The van der Waals surface area contributed by atoms with Gasteiger partial charge in [-0.15, -0.1) is 0 Å². The number of carbonyl (C=O) groups is 1. The molecule has 2 aromatic heterocycles. The Bertz CT molecular complexity index is 1360. The highest BCUT2D eigenvalue weighted by Gasteiger charge is 2.37. The molecule has 0 saturated carbocycles. The molecule has 0 bridgehead atoms. The number of sulfone groups is 1. The summed E-state index contributed by atoms with van der Waals surface area (Å²) in [6.45, 7) is 7.98. The van der Waals surface area contributed by atoms with Crippen molar-refractivity contribution in [3.63, 3.8) is 0 Å². The Morgan fingerprint density at radius 3 is 2.52 bits per heavy atom. The number of hydrogen-bond donors (Lipinski definition) is 2. The van der Waals surface area contributed by atoms with Gasteiger partial charge in [0.25, 0.3) is 0 Å². The van der Waals surface area contributed by atoms with Gasteiger partial charge in [0.15, 0.2) is 9.84 Å². The number of rotatable bonds is 3. The first-order valence-electron chi connectivity index (χ1n) is 10.0. The van der Waals surface area contributed by atoms with E-state index in [9.17, 15) is 23.1 Å². The summed E-state index contributed by atoms with van der Waals surface area (Å²) >= 11 is 0. The topological polar surface area (TPSA) is 127 Å². The van der Waals surface area contributed by atoms with Crippen LogP contribution in [0.5, 0.6) is 0 Å². The first kappa shape index (κ1) is 21.6. The molecule has 9 heteroatoms. The zero-order chi connectivity index (χ0) is 22.7. The lowest BCUT2D eigenvalue weighted by Gasteiger charge is -2.17. The normalized spacial score (nSPS) is 21.1. The molecule has 0 aliphatic carbocycles. The van der Waals surface area contributed by atoms with Crippen LogP contribution in [-0.4, -0.2) is 43.1 Å². The molecule has 1 saturated heterocycles. The number of amides is 1. The molecule has 1 aromatic carbocycles. The summed E-state index contributed by atoms with van der Waals surface area (Å²) in [5.74, 6) is -1.25. The minimum Gasteiger partial charge on any atom is -0.464 e. The molecule has 1 fully saturated rings. The van der Waals surface area contributed by atoms with Crippen LogP contribution in [0.2, 0.25) is 0 Å². The van der Waals surface area contributed by atoms with Gasteiger partial charge in [0.2, 0.25) is 5.91 Å². The van der Waals surface area contributed by atoms with Gasteiger partial charge < -0.3 is 19.3 Å². The number of furan rings is 1. The monoisotopic (exact) mass is 447 g/mol. The molecule has 0 radical (unpaired) electrons. The van der Waals surface area contributed by atoms with Crippen molar-refractivity contribution in [3.8, 4) is 0 Å². The second-order valence-electron chi connectivity index (χ2n) is 9.23. The van der Waals surface area contributed by atoms with Gasteiger partial charge in [0.1, 0.15) is 11.2 Å². The molecule has 3 aromatic rings. The van der Waals surface area contributed by atoms with Crippen LogP contribution in [0.3, 0.4) is 0 Å². The van der Waals surface area contributed by atoms with Crippen molar-refractivity contribution in [1.82, 2.24) is 5.32 Å². The van der Waals surface area contributed by atoms with Crippen molar-refractivity contribution in [2.24, 2.45) is 0 Å². The fourth-order valence-electron chi connectivity index (χ4n) is 4.08. The summed E-state index contributed by atoms with van der Waals surface area (Å²) in [6, 6.07) is 2.70. The third-order valence-electron chi connectivity index (χ3n) is 5.80. The van der Waals surface area contributed by atoms with E-state index in [0.29, 0.717) is 22.1 Å². The van der Waals surface area contributed by atoms with Crippen molar-refractivity contribution in [1.29, 1.82) is 0 Å². The van der Waals surface area contributed by atoms with E-state index in [0.717, 1.165) is 10.9 Å². The maximum atomic E-state index is 12.6. The molecule has 0 spiro atoms. The Morgan fingerprint density at radius 2 is 1.90 bits per heavy atom. The highest BCUT2D eigenvalue weighted by molar-refractivity contribution is 7.91. The molecule has 4 rings (SSSR count). The van der Waals surface area contributed by atoms with E-state index in [1.54, 1.807) is 19.3 Å².